The molecular weight excluding hydrogens is 172 g/mol. The van der Waals surface area contributed by atoms with Crippen molar-refractivity contribution >= 4 is 0 Å². The lowest BCUT2D eigenvalue weighted by molar-refractivity contribution is 0.434. The van der Waals surface area contributed by atoms with Gasteiger partial charge in [-0.05, 0) is 24.6 Å². The minimum atomic E-state index is -0.0904. The maximum Gasteiger partial charge on any atom is 0.0991 e. The highest BCUT2D eigenvalue weighted by Gasteiger charge is 2.25. The molecule has 0 saturated carbocycles. The molecule has 0 radical (unpaired) electrons. The van der Waals surface area contributed by atoms with Gasteiger partial charge in [0.05, 0.1) is 11.6 Å². The van der Waals surface area contributed by atoms with Gasteiger partial charge in [0, 0.05) is 11.5 Å². The van der Waals surface area contributed by atoms with Crippen molar-refractivity contribution in [3.63, 3.8) is 0 Å². The summed E-state index contributed by atoms with van der Waals surface area (Å²) in [5, 5.41) is 8.79. The molecule has 0 fully saturated rings. The number of nitrogens with zero attached hydrogens (tertiary/aromatic N) is 1. The zero-order valence-electron chi connectivity index (χ0n) is 8.91. The van der Waals surface area contributed by atoms with E-state index < -0.39 is 0 Å². The first-order valence-corrected chi connectivity index (χ1v) is 4.74. The largest absolute Gasteiger partial charge is 0.327 e. The van der Waals surface area contributed by atoms with Gasteiger partial charge in [-0.1, -0.05) is 26.0 Å². The maximum atomic E-state index is 8.79. The Morgan fingerprint density at radius 2 is 2.07 bits per heavy atom. The average molecular weight is 188 g/mol. The summed E-state index contributed by atoms with van der Waals surface area (Å²) in [5.74, 6) is 0. The van der Waals surface area contributed by atoms with Crippen LogP contribution < -0.4 is 5.73 Å². The van der Waals surface area contributed by atoms with Gasteiger partial charge in [-0.3, -0.25) is 0 Å². The summed E-state index contributed by atoms with van der Waals surface area (Å²) < 4.78 is 0. The molecule has 1 unspecified atom stereocenters. The normalized spacial score (nSPS) is 13.4. The van der Waals surface area contributed by atoms with Crippen molar-refractivity contribution in [2.75, 3.05) is 0 Å². The average Bonchev–Trinajstić information content (AvgIpc) is 2.17. The molecule has 0 spiro atoms. The van der Waals surface area contributed by atoms with E-state index >= 15 is 0 Å². The number of benzene rings is 1. The van der Waals surface area contributed by atoms with Crippen LogP contribution in [0.2, 0.25) is 0 Å². The Hall–Kier alpha value is -1.33. The minimum absolute atomic E-state index is 0.0662. The van der Waals surface area contributed by atoms with E-state index in [4.69, 9.17) is 11.0 Å². The number of rotatable bonds is 2. The van der Waals surface area contributed by atoms with Crippen LogP contribution in [0.5, 0.6) is 0 Å². The zero-order valence-corrected chi connectivity index (χ0v) is 8.91. The molecule has 1 aromatic carbocycles. The highest BCUT2D eigenvalue weighted by molar-refractivity contribution is 5.36. The van der Waals surface area contributed by atoms with Gasteiger partial charge in [-0.25, -0.2) is 0 Å². The SMILES string of the molecule is CC(N)C(C)(C)c1cccc(C#N)c1. The predicted molar refractivity (Wildman–Crippen MR) is 57.8 cm³/mol. The summed E-state index contributed by atoms with van der Waals surface area (Å²) in [6.45, 7) is 6.17. The van der Waals surface area contributed by atoms with Gasteiger partial charge in [0.2, 0.25) is 0 Å². The molecule has 2 N–H and O–H groups in total. The molecule has 1 atom stereocenters. The second-order valence-electron chi connectivity index (χ2n) is 4.20. The standard InChI is InChI=1S/C12H16N2/c1-9(14)12(2,3)11-6-4-5-10(7-11)8-13/h4-7,9H,14H2,1-3H3. The van der Waals surface area contributed by atoms with E-state index in [1.54, 1.807) is 6.07 Å². The summed E-state index contributed by atoms with van der Waals surface area (Å²) in [6, 6.07) is 9.83. The van der Waals surface area contributed by atoms with E-state index in [9.17, 15) is 0 Å². The first-order chi connectivity index (χ1) is 6.48. The van der Waals surface area contributed by atoms with Crippen LogP contribution in [0.3, 0.4) is 0 Å². The molecule has 0 amide bonds. The van der Waals surface area contributed by atoms with Gasteiger partial charge in [-0.15, -0.1) is 0 Å². The Labute approximate surface area is 85.4 Å². The van der Waals surface area contributed by atoms with Crippen LogP contribution >= 0.6 is 0 Å². The molecule has 0 aliphatic heterocycles. The lowest BCUT2D eigenvalue weighted by Gasteiger charge is -2.29. The van der Waals surface area contributed by atoms with Gasteiger partial charge in [0.25, 0.3) is 0 Å². The number of nitriles is 1. The van der Waals surface area contributed by atoms with Crippen LogP contribution in [0, 0.1) is 11.3 Å². The van der Waals surface area contributed by atoms with Crippen LogP contribution in [-0.2, 0) is 5.41 Å². The fourth-order valence-electron chi connectivity index (χ4n) is 1.25. The van der Waals surface area contributed by atoms with E-state index in [0.29, 0.717) is 5.56 Å². The third kappa shape index (κ3) is 1.94. The second kappa shape index (κ2) is 3.81. The van der Waals surface area contributed by atoms with Crippen molar-refractivity contribution in [2.45, 2.75) is 32.2 Å². The monoisotopic (exact) mass is 188 g/mol. The van der Waals surface area contributed by atoms with Crippen LogP contribution in [-0.4, -0.2) is 6.04 Å². The highest BCUT2D eigenvalue weighted by Crippen LogP contribution is 2.26. The third-order valence-electron chi connectivity index (χ3n) is 2.87. The minimum Gasteiger partial charge on any atom is -0.327 e. The van der Waals surface area contributed by atoms with Crippen molar-refractivity contribution in [1.82, 2.24) is 0 Å². The quantitative estimate of drug-likeness (QED) is 0.773. The fourth-order valence-corrected chi connectivity index (χ4v) is 1.25. The zero-order chi connectivity index (χ0) is 10.8. The molecule has 2 heteroatoms. The Balaban J connectivity index is 3.14. The lowest BCUT2D eigenvalue weighted by Crippen LogP contribution is -2.38. The third-order valence-corrected chi connectivity index (χ3v) is 2.87. The summed E-state index contributed by atoms with van der Waals surface area (Å²) in [4.78, 5) is 0. The van der Waals surface area contributed by atoms with Gasteiger partial charge < -0.3 is 5.73 Å². The second-order valence-corrected chi connectivity index (χ2v) is 4.20. The molecule has 0 aromatic heterocycles. The fraction of sp³-hybridized carbons (Fsp3) is 0.417. The maximum absolute atomic E-state index is 8.79. The molecule has 0 saturated heterocycles. The molecule has 1 rings (SSSR count). The first kappa shape index (κ1) is 10.7. The lowest BCUT2D eigenvalue weighted by atomic mass is 9.78. The molecule has 74 valence electrons. The van der Waals surface area contributed by atoms with E-state index in [1.807, 2.05) is 25.1 Å². The van der Waals surface area contributed by atoms with Crippen molar-refractivity contribution in [3.8, 4) is 6.07 Å². The summed E-state index contributed by atoms with van der Waals surface area (Å²) in [7, 11) is 0. The highest BCUT2D eigenvalue weighted by atomic mass is 14.7. The first-order valence-electron chi connectivity index (χ1n) is 4.74. The molecule has 0 bridgehead atoms. The predicted octanol–water partition coefficient (Wildman–Crippen LogP) is 2.18. The van der Waals surface area contributed by atoms with Gasteiger partial charge in [0.1, 0.15) is 0 Å². The van der Waals surface area contributed by atoms with Crippen molar-refractivity contribution in [1.29, 1.82) is 5.26 Å². The number of nitrogens with two attached hydrogens (primary N) is 1. The van der Waals surface area contributed by atoms with Gasteiger partial charge in [-0.2, -0.15) is 5.26 Å². The van der Waals surface area contributed by atoms with Crippen molar-refractivity contribution < 1.29 is 0 Å². The van der Waals surface area contributed by atoms with Crippen LogP contribution in [0.4, 0.5) is 0 Å². The molecule has 0 aliphatic carbocycles. The van der Waals surface area contributed by atoms with Crippen molar-refractivity contribution in [3.05, 3.63) is 35.4 Å². The molecule has 14 heavy (non-hydrogen) atoms. The van der Waals surface area contributed by atoms with Gasteiger partial charge in [0.15, 0.2) is 0 Å². The molecule has 1 aromatic rings. The van der Waals surface area contributed by atoms with Crippen LogP contribution in [0.15, 0.2) is 24.3 Å². The summed E-state index contributed by atoms with van der Waals surface area (Å²) in [6.07, 6.45) is 0. The van der Waals surface area contributed by atoms with E-state index in [1.165, 1.54) is 0 Å². The van der Waals surface area contributed by atoms with Crippen LogP contribution in [0.25, 0.3) is 0 Å². The van der Waals surface area contributed by atoms with E-state index in [0.717, 1.165) is 5.56 Å². The Morgan fingerprint density at radius 3 is 2.57 bits per heavy atom. The Morgan fingerprint density at radius 1 is 1.43 bits per heavy atom. The molecule has 0 aliphatic rings. The molecule has 2 nitrogen and oxygen atoms in total. The van der Waals surface area contributed by atoms with Crippen molar-refractivity contribution in [2.24, 2.45) is 5.73 Å². The van der Waals surface area contributed by atoms with E-state index in [2.05, 4.69) is 19.9 Å². The summed E-state index contributed by atoms with van der Waals surface area (Å²) >= 11 is 0. The summed E-state index contributed by atoms with van der Waals surface area (Å²) in [5.41, 5.74) is 7.63. The Kier molecular flexibility index (Phi) is 2.93. The number of hydrogen-bond acceptors (Lipinski definition) is 2. The number of hydrogen-bond donors (Lipinski definition) is 1. The molecule has 0 heterocycles. The van der Waals surface area contributed by atoms with Crippen LogP contribution in [0.1, 0.15) is 31.9 Å². The topological polar surface area (TPSA) is 49.8 Å². The Bertz CT molecular complexity index is 359. The molecular formula is C12H16N2. The van der Waals surface area contributed by atoms with Gasteiger partial charge >= 0.3 is 0 Å². The van der Waals surface area contributed by atoms with E-state index in [-0.39, 0.29) is 11.5 Å². The smallest absolute Gasteiger partial charge is 0.0991 e.